The van der Waals surface area contributed by atoms with Gasteiger partial charge in [0.1, 0.15) is 17.5 Å². The maximum Gasteiger partial charge on any atom is 0.419 e. The number of halogens is 5. The van der Waals surface area contributed by atoms with Crippen molar-refractivity contribution in [1.82, 2.24) is 19.9 Å². The van der Waals surface area contributed by atoms with Crippen molar-refractivity contribution in [3.8, 4) is 11.3 Å². The van der Waals surface area contributed by atoms with Crippen molar-refractivity contribution in [2.45, 2.75) is 26.1 Å². The molecule has 7 nitrogen and oxygen atoms in total. The van der Waals surface area contributed by atoms with E-state index in [2.05, 4.69) is 28.6 Å². The van der Waals surface area contributed by atoms with Gasteiger partial charge >= 0.3 is 6.18 Å². The van der Waals surface area contributed by atoms with Crippen LogP contribution in [0.1, 0.15) is 19.4 Å². The summed E-state index contributed by atoms with van der Waals surface area (Å²) in [6.45, 7) is 9.41. The summed E-state index contributed by atoms with van der Waals surface area (Å²) >= 11 is 6.06. The Balaban J connectivity index is 1.40. The fourth-order valence-corrected chi connectivity index (χ4v) is 5.32. The predicted molar refractivity (Wildman–Crippen MR) is 145 cm³/mol. The molecule has 39 heavy (non-hydrogen) atoms. The first kappa shape index (κ1) is 27.4. The SMILES string of the molecule is CCN(CC)C1CN(c2nc(-c3ccc(F)c(Cl)c3)cc(N3CCN(c4ncccc4C(F)(F)F)CC3)n2)C1. The van der Waals surface area contributed by atoms with Crippen LogP contribution in [0.15, 0.2) is 42.6 Å². The van der Waals surface area contributed by atoms with E-state index in [4.69, 9.17) is 21.6 Å². The summed E-state index contributed by atoms with van der Waals surface area (Å²) in [5.41, 5.74) is 0.530. The lowest BCUT2D eigenvalue weighted by atomic mass is 10.1. The molecule has 0 radical (unpaired) electrons. The van der Waals surface area contributed by atoms with E-state index in [1.54, 1.807) is 17.0 Å². The molecule has 5 rings (SSSR count). The number of pyridine rings is 1. The van der Waals surface area contributed by atoms with Gasteiger partial charge in [-0.15, -0.1) is 0 Å². The van der Waals surface area contributed by atoms with Crippen molar-refractivity contribution in [2.75, 3.05) is 67.1 Å². The van der Waals surface area contributed by atoms with E-state index in [-0.39, 0.29) is 10.8 Å². The topological polar surface area (TPSA) is 51.6 Å². The van der Waals surface area contributed by atoms with Crippen molar-refractivity contribution >= 4 is 29.2 Å². The predicted octanol–water partition coefficient (Wildman–Crippen LogP) is 5.21. The largest absolute Gasteiger partial charge is 0.419 e. The number of piperazine rings is 1. The Hall–Kier alpha value is -3.18. The highest BCUT2D eigenvalue weighted by molar-refractivity contribution is 6.31. The second-order valence-electron chi connectivity index (χ2n) is 9.67. The number of anilines is 3. The van der Waals surface area contributed by atoms with Crippen LogP contribution in [-0.2, 0) is 6.18 Å². The van der Waals surface area contributed by atoms with E-state index >= 15 is 0 Å². The zero-order valence-corrected chi connectivity index (χ0v) is 22.6. The fourth-order valence-electron chi connectivity index (χ4n) is 5.14. The van der Waals surface area contributed by atoms with E-state index in [0.717, 1.165) is 32.2 Å². The maximum atomic E-state index is 13.9. The molecule has 2 aliphatic rings. The highest BCUT2D eigenvalue weighted by Crippen LogP contribution is 2.36. The van der Waals surface area contributed by atoms with Crippen LogP contribution in [-0.4, -0.2) is 78.3 Å². The lowest BCUT2D eigenvalue weighted by Gasteiger charge is -2.45. The second kappa shape index (κ2) is 11.1. The van der Waals surface area contributed by atoms with Crippen LogP contribution < -0.4 is 14.7 Å². The van der Waals surface area contributed by atoms with E-state index in [1.165, 1.54) is 18.3 Å². The van der Waals surface area contributed by atoms with Gasteiger partial charge in [-0.2, -0.15) is 18.2 Å². The van der Waals surface area contributed by atoms with E-state index in [9.17, 15) is 17.6 Å². The van der Waals surface area contributed by atoms with Crippen LogP contribution in [0.2, 0.25) is 5.02 Å². The Labute approximate surface area is 230 Å². The molecule has 0 unspecified atom stereocenters. The molecule has 4 heterocycles. The standard InChI is InChI=1S/C27H30ClF4N7/c1-3-36(4-2)19-16-39(17-19)26-34-23(18-7-8-22(29)21(28)14-18)15-24(35-26)37-10-12-38(13-11-37)25-20(27(30,31)32)6-5-9-33-25/h5-9,14-15,19H,3-4,10-13,16-17H2,1-2H3. The molecule has 1 aromatic carbocycles. The number of nitrogens with zero attached hydrogens (tertiary/aromatic N) is 7. The Bertz CT molecular complexity index is 1300. The normalized spacial score (nSPS) is 16.7. The number of rotatable bonds is 7. The lowest BCUT2D eigenvalue weighted by molar-refractivity contribution is -0.137. The molecule has 0 saturated carbocycles. The third-order valence-electron chi connectivity index (χ3n) is 7.39. The third-order valence-corrected chi connectivity index (χ3v) is 7.67. The minimum absolute atomic E-state index is 0.00389. The molecule has 0 spiro atoms. The summed E-state index contributed by atoms with van der Waals surface area (Å²) < 4.78 is 54.5. The van der Waals surface area contributed by atoms with Crippen molar-refractivity contribution in [1.29, 1.82) is 0 Å². The molecule has 2 fully saturated rings. The zero-order chi connectivity index (χ0) is 27.7. The molecular weight excluding hydrogens is 534 g/mol. The van der Waals surface area contributed by atoms with Crippen molar-refractivity contribution in [3.63, 3.8) is 0 Å². The van der Waals surface area contributed by atoms with E-state index < -0.39 is 17.6 Å². The molecule has 2 aromatic heterocycles. The number of hydrogen-bond donors (Lipinski definition) is 0. The molecule has 2 saturated heterocycles. The maximum absolute atomic E-state index is 13.9. The van der Waals surface area contributed by atoms with Gasteiger partial charge < -0.3 is 14.7 Å². The monoisotopic (exact) mass is 563 g/mol. The lowest BCUT2D eigenvalue weighted by Crippen LogP contribution is -2.60. The average Bonchev–Trinajstić information content (AvgIpc) is 2.91. The zero-order valence-electron chi connectivity index (χ0n) is 21.8. The third kappa shape index (κ3) is 5.74. The first-order chi connectivity index (χ1) is 18.7. The molecule has 0 bridgehead atoms. The number of likely N-dealkylation sites (N-methyl/N-ethyl adjacent to an activating group) is 1. The molecule has 2 aliphatic heterocycles. The summed E-state index contributed by atoms with van der Waals surface area (Å²) in [6, 6.07) is 9.08. The summed E-state index contributed by atoms with van der Waals surface area (Å²) in [7, 11) is 0. The quantitative estimate of drug-likeness (QED) is 0.366. The average molecular weight is 564 g/mol. The summed E-state index contributed by atoms with van der Waals surface area (Å²) in [5.74, 6) is 0.664. The number of aromatic nitrogens is 3. The van der Waals surface area contributed by atoms with Crippen molar-refractivity contribution < 1.29 is 17.6 Å². The minimum Gasteiger partial charge on any atom is -0.353 e. The van der Waals surface area contributed by atoms with Gasteiger partial charge in [0.15, 0.2) is 0 Å². The molecule has 0 atom stereocenters. The van der Waals surface area contributed by atoms with Crippen LogP contribution in [0.3, 0.4) is 0 Å². The Morgan fingerprint density at radius 1 is 0.949 bits per heavy atom. The molecule has 208 valence electrons. The Kier molecular flexibility index (Phi) is 7.82. The minimum atomic E-state index is -4.48. The fraction of sp³-hybridized carbons (Fsp3) is 0.444. The molecule has 3 aromatic rings. The molecule has 0 aliphatic carbocycles. The number of hydrogen-bond acceptors (Lipinski definition) is 7. The Morgan fingerprint density at radius 3 is 2.28 bits per heavy atom. The van der Waals surface area contributed by atoms with Gasteiger partial charge in [-0.05, 0) is 43.4 Å². The number of alkyl halides is 3. The smallest absolute Gasteiger partial charge is 0.353 e. The summed E-state index contributed by atoms with van der Waals surface area (Å²) in [5, 5.41) is 0.00389. The molecule has 12 heteroatoms. The van der Waals surface area contributed by atoms with E-state index in [0.29, 0.717) is 55.2 Å². The van der Waals surface area contributed by atoms with Crippen LogP contribution in [0.25, 0.3) is 11.3 Å². The van der Waals surface area contributed by atoms with Gasteiger partial charge in [-0.3, -0.25) is 4.90 Å². The van der Waals surface area contributed by atoms with Crippen LogP contribution in [0.5, 0.6) is 0 Å². The van der Waals surface area contributed by atoms with Gasteiger partial charge in [-0.1, -0.05) is 25.4 Å². The number of benzene rings is 1. The van der Waals surface area contributed by atoms with Crippen LogP contribution in [0, 0.1) is 5.82 Å². The van der Waals surface area contributed by atoms with Gasteiger partial charge in [-0.25, -0.2) is 14.4 Å². The molecule has 0 N–H and O–H groups in total. The highest BCUT2D eigenvalue weighted by Gasteiger charge is 2.37. The van der Waals surface area contributed by atoms with Crippen LogP contribution >= 0.6 is 11.6 Å². The first-order valence-electron chi connectivity index (χ1n) is 13.0. The molecular formula is C27H30ClF4N7. The van der Waals surface area contributed by atoms with Crippen LogP contribution in [0.4, 0.5) is 35.1 Å². The van der Waals surface area contributed by atoms with Gasteiger partial charge in [0.05, 0.1) is 16.3 Å². The highest BCUT2D eigenvalue weighted by atomic mass is 35.5. The molecule has 0 amide bonds. The van der Waals surface area contributed by atoms with Crippen molar-refractivity contribution in [2.24, 2.45) is 0 Å². The summed E-state index contributed by atoms with van der Waals surface area (Å²) in [4.78, 5) is 21.9. The summed E-state index contributed by atoms with van der Waals surface area (Å²) in [6.07, 6.45) is -3.10. The van der Waals surface area contributed by atoms with Gasteiger partial charge in [0.2, 0.25) is 5.95 Å². The Morgan fingerprint density at radius 2 is 1.64 bits per heavy atom. The van der Waals surface area contributed by atoms with Gasteiger partial charge in [0.25, 0.3) is 0 Å². The van der Waals surface area contributed by atoms with E-state index in [1.807, 2.05) is 11.0 Å². The van der Waals surface area contributed by atoms with Crippen molar-refractivity contribution in [3.05, 3.63) is 59.0 Å². The van der Waals surface area contributed by atoms with Gasteiger partial charge in [0, 0.05) is 63.1 Å². The second-order valence-corrected chi connectivity index (χ2v) is 10.1. The first-order valence-corrected chi connectivity index (χ1v) is 13.4.